The number of benzene rings is 2. The molecule has 0 aliphatic carbocycles. The summed E-state index contributed by atoms with van der Waals surface area (Å²) in [6.45, 7) is 2.56. The van der Waals surface area contributed by atoms with E-state index in [9.17, 15) is 9.59 Å². The number of H-pyrrole nitrogens is 1. The molecule has 2 aromatic heterocycles. The first-order valence-electron chi connectivity index (χ1n) is 10.1. The molecular formula is C24H20N6O2. The fourth-order valence-corrected chi connectivity index (χ4v) is 3.26. The molecule has 0 aliphatic heterocycles. The normalized spacial score (nSPS) is 10.5. The highest BCUT2D eigenvalue weighted by molar-refractivity contribution is 6.07. The van der Waals surface area contributed by atoms with Crippen molar-refractivity contribution in [2.24, 2.45) is 0 Å². The van der Waals surface area contributed by atoms with Crippen LogP contribution in [0.4, 0.5) is 5.95 Å². The first-order valence-corrected chi connectivity index (χ1v) is 10.1. The Morgan fingerprint density at radius 1 is 1.03 bits per heavy atom. The Kier molecular flexibility index (Phi) is 5.90. The van der Waals surface area contributed by atoms with E-state index in [1.807, 2.05) is 13.0 Å². The molecule has 3 N–H and O–H groups in total. The predicted octanol–water partition coefficient (Wildman–Crippen LogP) is 3.89. The number of imidazole rings is 1. The molecule has 0 atom stereocenters. The highest BCUT2D eigenvalue weighted by Crippen LogP contribution is 2.21. The van der Waals surface area contributed by atoms with Crippen LogP contribution in [0.5, 0.6) is 0 Å². The zero-order valence-electron chi connectivity index (χ0n) is 17.3. The number of hydrogen-bond donors (Lipinski definition) is 3. The first kappa shape index (κ1) is 20.8. The van der Waals surface area contributed by atoms with Gasteiger partial charge in [-0.1, -0.05) is 31.2 Å². The summed E-state index contributed by atoms with van der Waals surface area (Å²) >= 11 is 0. The van der Waals surface area contributed by atoms with Gasteiger partial charge in [0.05, 0.1) is 33.9 Å². The Hall–Kier alpha value is -4.51. The molecule has 32 heavy (non-hydrogen) atoms. The number of anilines is 1. The van der Waals surface area contributed by atoms with Crippen molar-refractivity contribution in [2.75, 3.05) is 11.9 Å². The number of carbonyl (C=O) groups is 2. The minimum absolute atomic E-state index is 0.200. The van der Waals surface area contributed by atoms with Crippen LogP contribution in [0.15, 0.2) is 60.7 Å². The van der Waals surface area contributed by atoms with Gasteiger partial charge in [-0.25, -0.2) is 9.97 Å². The molecule has 4 rings (SSSR count). The summed E-state index contributed by atoms with van der Waals surface area (Å²) < 4.78 is 0. The molecule has 0 unspecified atom stereocenters. The Morgan fingerprint density at radius 2 is 1.84 bits per heavy atom. The molecule has 0 bridgehead atoms. The van der Waals surface area contributed by atoms with Crippen LogP contribution in [-0.2, 0) is 0 Å². The van der Waals surface area contributed by atoms with Gasteiger partial charge < -0.3 is 10.3 Å². The lowest BCUT2D eigenvalue weighted by Gasteiger charge is -2.05. The van der Waals surface area contributed by atoms with Crippen LogP contribution in [0.1, 0.15) is 39.8 Å². The van der Waals surface area contributed by atoms with Gasteiger partial charge in [0.1, 0.15) is 5.69 Å². The van der Waals surface area contributed by atoms with Crippen molar-refractivity contribution in [3.63, 3.8) is 0 Å². The summed E-state index contributed by atoms with van der Waals surface area (Å²) in [5.74, 6) is -0.424. The molecule has 158 valence electrons. The Labute approximate surface area is 184 Å². The zero-order chi connectivity index (χ0) is 22.5. The lowest BCUT2D eigenvalue weighted by molar-refractivity contribution is 0.0954. The highest BCUT2D eigenvalue weighted by atomic mass is 16.2. The highest BCUT2D eigenvalue weighted by Gasteiger charge is 2.16. The second-order valence-electron chi connectivity index (χ2n) is 7.10. The van der Waals surface area contributed by atoms with Crippen molar-refractivity contribution in [1.29, 1.82) is 5.26 Å². The number of nitrogens with one attached hydrogen (secondary N) is 3. The van der Waals surface area contributed by atoms with Gasteiger partial charge in [-0.3, -0.25) is 14.9 Å². The van der Waals surface area contributed by atoms with Gasteiger partial charge in [0.2, 0.25) is 5.95 Å². The molecule has 8 nitrogen and oxygen atoms in total. The number of pyridine rings is 1. The minimum Gasteiger partial charge on any atom is -0.352 e. The van der Waals surface area contributed by atoms with Crippen molar-refractivity contribution >= 4 is 28.8 Å². The fourth-order valence-electron chi connectivity index (χ4n) is 3.26. The quantitative estimate of drug-likeness (QED) is 0.433. The Balaban J connectivity index is 1.58. The SMILES string of the molecule is CCCNC(=O)c1cccc2nc(NC(=O)c3cccc(-c4cccc(C#N)c4)n3)[nH]c12. The van der Waals surface area contributed by atoms with Gasteiger partial charge in [0, 0.05) is 12.1 Å². The van der Waals surface area contributed by atoms with Gasteiger partial charge in [0.25, 0.3) is 11.8 Å². The Morgan fingerprint density at radius 3 is 2.66 bits per heavy atom. The largest absolute Gasteiger partial charge is 0.352 e. The summed E-state index contributed by atoms with van der Waals surface area (Å²) in [7, 11) is 0. The summed E-state index contributed by atoms with van der Waals surface area (Å²) in [5.41, 5.74) is 3.61. The van der Waals surface area contributed by atoms with E-state index in [-0.39, 0.29) is 17.5 Å². The van der Waals surface area contributed by atoms with Gasteiger partial charge in [0.15, 0.2) is 0 Å². The topological polar surface area (TPSA) is 124 Å². The maximum Gasteiger partial charge on any atom is 0.276 e. The second-order valence-corrected chi connectivity index (χ2v) is 7.10. The summed E-state index contributed by atoms with van der Waals surface area (Å²) in [4.78, 5) is 37.0. The van der Waals surface area contributed by atoms with Gasteiger partial charge in [-0.05, 0) is 42.8 Å². The molecule has 8 heteroatoms. The number of aromatic nitrogens is 3. The number of aromatic amines is 1. The van der Waals surface area contributed by atoms with Crippen LogP contribution < -0.4 is 10.6 Å². The van der Waals surface area contributed by atoms with Crippen LogP contribution in [0, 0.1) is 11.3 Å². The maximum atomic E-state index is 12.8. The van der Waals surface area contributed by atoms with Crippen LogP contribution in [0.3, 0.4) is 0 Å². The van der Waals surface area contributed by atoms with Crippen molar-refractivity contribution < 1.29 is 9.59 Å². The lowest BCUT2D eigenvalue weighted by atomic mass is 10.1. The standard InChI is InChI=1S/C24H20N6O2/c1-2-12-26-22(31)17-8-4-10-19-21(17)29-24(28-19)30-23(32)20-11-5-9-18(27-20)16-7-3-6-15(13-16)14-25/h3-11,13H,2,12H2,1H3,(H,26,31)(H2,28,29,30,32). The summed E-state index contributed by atoms with van der Waals surface area (Å²) in [5, 5.41) is 14.7. The number of nitriles is 1. The first-order chi connectivity index (χ1) is 15.6. The molecule has 0 fully saturated rings. The molecule has 2 amide bonds. The van der Waals surface area contributed by atoms with E-state index in [4.69, 9.17) is 5.26 Å². The van der Waals surface area contributed by atoms with Gasteiger partial charge >= 0.3 is 0 Å². The third-order valence-electron chi connectivity index (χ3n) is 4.80. The second kappa shape index (κ2) is 9.10. The smallest absolute Gasteiger partial charge is 0.276 e. The van der Waals surface area contributed by atoms with Crippen LogP contribution in [-0.4, -0.2) is 33.3 Å². The molecule has 0 spiro atoms. The molecule has 4 aromatic rings. The number of para-hydroxylation sites is 1. The average molecular weight is 424 g/mol. The van der Waals surface area contributed by atoms with Gasteiger partial charge in [-0.15, -0.1) is 0 Å². The molecule has 0 saturated carbocycles. The van der Waals surface area contributed by atoms with Crippen molar-refractivity contribution in [1.82, 2.24) is 20.3 Å². The number of amides is 2. The van der Waals surface area contributed by atoms with E-state index in [0.717, 1.165) is 12.0 Å². The predicted molar refractivity (Wildman–Crippen MR) is 121 cm³/mol. The number of fused-ring (bicyclic) bond motifs is 1. The molecule has 2 aromatic carbocycles. The van der Waals surface area contributed by atoms with E-state index in [2.05, 4.69) is 31.7 Å². The summed E-state index contributed by atoms with van der Waals surface area (Å²) in [6.07, 6.45) is 0.832. The number of rotatable bonds is 6. The number of nitrogens with zero attached hydrogens (tertiary/aromatic N) is 3. The van der Waals surface area contributed by atoms with E-state index in [0.29, 0.717) is 34.4 Å². The van der Waals surface area contributed by atoms with Gasteiger partial charge in [-0.2, -0.15) is 5.26 Å². The fraction of sp³-hybridized carbons (Fsp3) is 0.125. The zero-order valence-corrected chi connectivity index (χ0v) is 17.3. The maximum absolute atomic E-state index is 12.8. The van der Waals surface area contributed by atoms with Crippen molar-refractivity contribution in [3.05, 3.63) is 77.5 Å². The van der Waals surface area contributed by atoms with E-state index in [1.54, 1.807) is 54.6 Å². The average Bonchev–Trinajstić information content (AvgIpc) is 3.25. The van der Waals surface area contributed by atoms with Crippen molar-refractivity contribution in [2.45, 2.75) is 13.3 Å². The molecule has 2 heterocycles. The van der Waals surface area contributed by atoms with Crippen molar-refractivity contribution in [3.8, 4) is 17.3 Å². The van der Waals surface area contributed by atoms with Crippen LogP contribution >= 0.6 is 0 Å². The third-order valence-corrected chi connectivity index (χ3v) is 4.80. The molecule has 0 saturated heterocycles. The monoisotopic (exact) mass is 424 g/mol. The van der Waals surface area contributed by atoms with Crippen LogP contribution in [0.2, 0.25) is 0 Å². The Bertz CT molecular complexity index is 1350. The minimum atomic E-state index is -0.445. The van der Waals surface area contributed by atoms with E-state index >= 15 is 0 Å². The molecular weight excluding hydrogens is 404 g/mol. The van der Waals surface area contributed by atoms with E-state index < -0.39 is 5.91 Å². The lowest BCUT2D eigenvalue weighted by Crippen LogP contribution is -2.24. The third kappa shape index (κ3) is 4.32. The molecule has 0 radical (unpaired) electrons. The van der Waals surface area contributed by atoms with E-state index in [1.165, 1.54) is 0 Å². The molecule has 0 aliphatic rings. The summed E-state index contributed by atoms with van der Waals surface area (Å²) in [6, 6.07) is 19.4. The van der Waals surface area contributed by atoms with Crippen LogP contribution in [0.25, 0.3) is 22.3 Å². The number of carbonyl (C=O) groups excluding carboxylic acids is 2. The number of hydrogen-bond acceptors (Lipinski definition) is 5.